The van der Waals surface area contributed by atoms with Crippen LogP contribution in [-0.2, 0) is 6.42 Å². The number of nitrogens with zero attached hydrogens (tertiary/aromatic N) is 3. The van der Waals surface area contributed by atoms with Crippen molar-refractivity contribution in [3.8, 4) is 0 Å². The zero-order valence-corrected chi connectivity index (χ0v) is 17.1. The maximum Gasteiger partial charge on any atom is 0.336 e. The molecule has 1 aromatic heterocycles. The monoisotopic (exact) mass is 368 g/mol. The molecule has 146 valence electrons. The Kier molecular flexibility index (Phi) is 4.89. The second-order valence-electron chi connectivity index (χ2n) is 7.88. The lowest BCUT2D eigenvalue weighted by Crippen LogP contribution is -2.46. The topological polar surface area (TPSA) is 40.5 Å². The highest BCUT2D eigenvalue weighted by Crippen LogP contribution is 2.44. The van der Waals surface area contributed by atoms with Gasteiger partial charge in [0.05, 0.1) is 5.52 Å². The summed E-state index contributed by atoms with van der Waals surface area (Å²) in [6.07, 6.45) is 3.64. The Morgan fingerprint density at radius 1 is 1.26 bits per heavy atom. The molecule has 0 bridgehead atoms. The van der Waals surface area contributed by atoms with Crippen molar-refractivity contribution in [1.82, 2.24) is 14.5 Å². The van der Waals surface area contributed by atoms with E-state index in [1.807, 2.05) is 23.4 Å². The van der Waals surface area contributed by atoms with E-state index < -0.39 is 0 Å². The highest BCUT2D eigenvalue weighted by molar-refractivity contribution is 5.93. The first-order valence-corrected chi connectivity index (χ1v) is 10.5. The summed E-state index contributed by atoms with van der Waals surface area (Å²) < 4.78 is 2.03. The summed E-state index contributed by atoms with van der Waals surface area (Å²) in [7, 11) is 0. The summed E-state index contributed by atoms with van der Waals surface area (Å²) in [5.74, 6) is 0.614. The smallest absolute Gasteiger partial charge is 0.324 e. The van der Waals surface area contributed by atoms with Gasteiger partial charge in [-0.1, -0.05) is 19.1 Å². The second kappa shape index (κ2) is 7.19. The van der Waals surface area contributed by atoms with E-state index in [1.54, 1.807) is 0 Å². The lowest BCUT2D eigenvalue weighted by atomic mass is 9.74. The van der Waals surface area contributed by atoms with E-state index in [4.69, 9.17) is 0 Å². The van der Waals surface area contributed by atoms with E-state index in [2.05, 4.69) is 42.4 Å². The first-order chi connectivity index (χ1) is 13.1. The molecule has 1 aliphatic carbocycles. The molecule has 5 nitrogen and oxygen atoms in total. The van der Waals surface area contributed by atoms with Crippen molar-refractivity contribution in [3.63, 3.8) is 0 Å². The molecule has 2 aromatic rings. The van der Waals surface area contributed by atoms with Gasteiger partial charge in [-0.15, -0.1) is 0 Å². The Balaban J connectivity index is 1.79. The number of amides is 2. The molecule has 1 N–H and O–H groups in total. The quantitative estimate of drug-likeness (QED) is 0.883. The van der Waals surface area contributed by atoms with Gasteiger partial charge in [0, 0.05) is 36.1 Å². The predicted molar refractivity (Wildman–Crippen MR) is 111 cm³/mol. The minimum atomic E-state index is -0.0243. The van der Waals surface area contributed by atoms with Gasteiger partial charge in [-0.3, -0.25) is 9.58 Å². The van der Waals surface area contributed by atoms with Crippen molar-refractivity contribution >= 4 is 16.9 Å². The summed E-state index contributed by atoms with van der Waals surface area (Å²) in [6.45, 7) is 12.2. The summed E-state index contributed by atoms with van der Waals surface area (Å²) >= 11 is 0. The van der Waals surface area contributed by atoms with Gasteiger partial charge in [-0.2, -0.15) is 0 Å². The number of benzene rings is 1. The van der Waals surface area contributed by atoms with Crippen LogP contribution in [0.15, 0.2) is 18.2 Å². The molecule has 4 rings (SSSR count). The fourth-order valence-electron chi connectivity index (χ4n) is 5.31. The molecule has 0 spiro atoms. The van der Waals surface area contributed by atoms with Crippen LogP contribution in [0, 0.1) is 6.92 Å². The van der Waals surface area contributed by atoms with Crippen LogP contribution in [0.3, 0.4) is 0 Å². The van der Waals surface area contributed by atoms with Crippen LogP contribution >= 0.6 is 0 Å². The molecule has 0 saturated carbocycles. The van der Waals surface area contributed by atoms with Gasteiger partial charge >= 0.3 is 6.03 Å². The molecular weight excluding hydrogens is 336 g/mol. The summed E-state index contributed by atoms with van der Waals surface area (Å²) in [4.78, 5) is 17.2. The standard InChI is InChI=1S/C22H32N4O/c1-5-24(6-2)22(27)23-26-15(4)18-14-20-16(11-9-13-25(20)7-3)17-10-8-12-19(26)21(17)18/h8,10,12,16,20H,5-7,9,11,13-14H2,1-4H3,(H,23,27)/t16-,20-/m1/s1. The van der Waals surface area contributed by atoms with E-state index in [1.165, 1.54) is 41.6 Å². The van der Waals surface area contributed by atoms with Crippen molar-refractivity contribution < 1.29 is 4.79 Å². The summed E-state index contributed by atoms with van der Waals surface area (Å²) in [6, 6.07) is 7.20. The maximum atomic E-state index is 12.7. The fraction of sp³-hybridized carbons (Fsp3) is 0.591. The van der Waals surface area contributed by atoms with Gasteiger partial charge < -0.3 is 4.90 Å². The van der Waals surface area contributed by atoms with Crippen molar-refractivity contribution in [2.45, 2.75) is 58.9 Å². The number of carbonyl (C=O) groups is 1. The SMILES string of the molecule is CCN(CC)C(=O)Nn1c(C)c2c3c(cccc31)[C@H]1CCCN(CC)[C@@H]1C2. The number of nitrogens with one attached hydrogen (secondary N) is 1. The number of aromatic nitrogens is 1. The molecule has 1 aliphatic heterocycles. The molecule has 2 atom stereocenters. The number of urea groups is 1. The van der Waals surface area contributed by atoms with Gasteiger partial charge in [0.25, 0.3) is 0 Å². The van der Waals surface area contributed by atoms with Crippen LogP contribution in [0.25, 0.3) is 10.9 Å². The van der Waals surface area contributed by atoms with E-state index in [0.29, 0.717) is 25.0 Å². The number of likely N-dealkylation sites (tertiary alicyclic amines) is 1. The third-order valence-corrected chi connectivity index (χ3v) is 6.76. The molecule has 2 amide bonds. The zero-order valence-electron chi connectivity index (χ0n) is 17.1. The molecule has 2 heterocycles. The number of carbonyl (C=O) groups excluding carboxylic acids is 1. The largest absolute Gasteiger partial charge is 0.336 e. The Bertz CT molecular complexity index is 852. The minimum absolute atomic E-state index is 0.0243. The summed E-state index contributed by atoms with van der Waals surface area (Å²) in [5, 5.41) is 1.38. The first-order valence-electron chi connectivity index (χ1n) is 10.5. The van der Waals surface area contributed by atoms with Crippen molar-refractivity contribution in [2.24, 2.45) is 0 Å². The van der Waals surface area contributed by atoms with Crippen molar-refractivity contribution in [3.05, 3.63) is 35.0 Å². The van der Waals surface area contributed by atoms with E-state index >= 15 is 0 Å². The highest BCUT2D eigenvalue weighted by atomic mass is 16.2. The Morgan fingerprint density at radius 2 is 2.04 bits per heavy atom. The predicted octanol–water partition coefficient (Wildman–Crippen LogP) is 4.08. The average Bonchev–Trinajstić information content (AvgIpc) is 2.96. The molecule has 5 heteroatoms. The molecule has 0 unspecified atom stereocenters. The van der Waals surface area contributed by atoms with Crippen LogP contribution in [0.5, 0.6) is 0 Å². The van der Waals surface area contributed by atoms with E-state index in [-0.39, 0.29) is 6.03 Å². The third-order valence-electron chi connectivity index (χ3n) is 6.76. The molecule has 2 aliphatic rings. The van der Waals surface area contributed by atoms with E-state index in [9.17, 15) is 4.79 Å². The molecular formula is C22H32N4O. The second-order valence-corrected chi connectivity index (χ2v) is 7.88. The normalized spacial score (nSPS) is 21.9. The molecule has 27 heavy (non-hydrogen) atoms. The average molecular weight is 369 g/mol. The molecule has 1 saturated heterocycles. The number of piperidine rings is 1. The van der Waals surface area contributed by atoms with Crippen molar-refractivity contribution in [2.75, 3.05) is 31.6 Å². The molecule has 1 fully saturated rings. The van der Waals surface area contributed by atoms with Gasteiger partial charge in [0.2, 0.25) is 0 Å². The maximum absolute atomic E-state index is 12.7. The number of likely N-dealkylation sites (N-methyl/N-ethyl adjacent to an activating group) is 1. The Hall–Kier alpha value is -2.01. The lowest BCUT2D eigenvalue weighted by molar-refractivity contribution is 0.131. The minimum Gasteiger partial charge on any atom is -0.324 e. The molecule has 1 aromatic carbocycles. The van der Waals surface area contributed by atoms with Crippen LogP contribution in [0.1, 0.15) is 56.4 Å². The molecule has 0 radical (unpaired) electrons. The van der Waals surface area contributed by atoms with Crippen LogP contribution < -0.4 is 5.43 Å². The number of hydrogen-bond donors (Lipinski definition) is 1. The highest BCUT2D eigenvalue weighted by Gasteiger charge is 2.38. The first kappa shape index (κ1) is 18.4. The van der Waals surface area contributed by atoms with Crippen molar-refractivity contribution in [1.29, 1.82) is 0 Å². The summed E-state index contributed by atoms with van der Waals surface area (Å²) in [5.41, 5.74) is 8.39. The number of fused-ring (bicyclic) bond motifs is 2. The van der Waals surface area contributed by atoms with E-state index in [0.717, 1.165) is 18.5 Å². The number of rotatable bonds is 4. The van der Waals surface area contributed by atoms with Gasteiger partial charge in [-0.25, -0.2) is 10.2 Å². The van der Waals surface area contributed by atoms with Crippen LogP contribution in [-0.4, -0.2) is 52.7 Å². The van der Waals surface area contributed by atoms with Gasteiger partial charge in [0.15, 0.2) is 0 Å². The van der Waals surface area contributed by atoms with Crippen LogP contribution in [0.2, 0.25) is 0 Å². The Labute approximate surface area is 162 Å². The van der Waals surface area contributed by atoms with Gasteiger partial charge in [0.1, 0.15) is 0 Å². The van der Waals surface area contributed by atoms with Gasteiger partial charge in [-0.05, 0) is 70.3 Å². The van der Waals surface area contributed by atoms with Crippen LogP contribution in [0.4, 0.5) is 4.79 Å². The fourth-order valence-corrected chi connectivity index (χ4v) is 5.31. The third kappa shape index (κ3) is 2.83. The zero-order chi connectivity index (χ0) is 19.1. The lowest BCUT2D eigenvalue weighted by Gasteiger charge is -2.43. The number of hydrogen-bond acceptors (Lipinski definition) is 2. The Morgan fingerprint density at radius 3 is 2.74 bits per heavy atom.